The smallest absolute Gasteiger partial charge is 0.726 e. The van der Waals surface area contributed by atoms with E-state index in [9.17, 15) is 104 Å². The molecule has 2 rings (SSSR count). The van der Waals surface area contributed by atoms with Crippen LogP contribution in [0.25, 0.3) is 0 Å². The number of rotatable bonds is 21. The molecule has 58 heteroatoms. The molecule has 9 atom stereocenters. The van der Waals surface area contributed by atoms with Gasteiger partial charge in [0.15, 0.2) is 18.5 Å². The van der Waals surface area contributed by atoms with Crippen LogP contribution in [0, 0.1) is 0 Å². The standard InChI is InChI=1S/C12H22O35S8.8K.7H2O/c13-48(14,15)37-1-4-6(43-51(22,23)24)8(45-53(28,29)30)9(46-54(31,32)33)11(40-4)42-12(3-39-50(19,20)21)10(47-55(34,35)36)7(44-52(25,26)27)5(41-12)2-38-49(16,17)18;;;;;;;;;;;;;;;/h4-11H,1-3H2,(H,13,14,15)(H,16,17,18)(H,19,20,21)(H,22,23,24)(H,25,26,27)(H,28,29,30)(H,31,32,33)(H,34,35,36);;;;;;;;;7*1H2/q;8*+1;;;;;;;/p-8/t4-,5-,6-,7-,8+,9-,10+,11-,12+;;;;;;;;;;;;;;;/m1.............../s1. The van der Waals surface area contributed by atoms with Gasteiger partial charge in [0.2, 0.25) is 89.0 Å². The van der Waals surface area contributed by atoms with Gasteiger partial charge >= 0.3 is 411 Å². The van der Waals surface area contributed by atoms with E-state index in [1.165, 1.54) is 0 Å². The molecule has 2 heterocycles. The Morgan fingerprint density at radius 2 is 0.643 bits per heavy atom. The molecule has 2 fully saturated rings. The zero-order valence-corrected chi connectivity index (χ0v) is 67.8. The molecular weight excluding hydrogens is 1390 g/mol. The molecule has 2 saturated heterocycles. The van der Waals surface area contributed by atoms with Crippen LogP contribution in [0.2, 0.25) is 0 Å². The van der Waals surface area contributed by atoms with Crippen molar-refractivity contribution >= 4 is 83.2 Å². The van der Waals surface area contributed by atoms with Crippen LogP contribution in [-0.2, 0) is 131 Å². The normalized spacial score (nSPS) is 24.1. The maximum absolute atomic E-state index is 11.7. The van der Waals surface area contributed by atoms with Crippen molar-refractivity contribution < 1.29 is 601 Å². The molecular formula is C12H28K8O42S8. The van der Waals surface area contributed by atoms with E-state index >= 15 is 0 Å². The first-order valence-corrected chi connectivity index (χ1v) is 22.9. The molecule has 0 amide bonds. The summed E-state index contributed by atoms with van der Waals surface area (Å²) in [7, 11) is -50.8. The fourth-order valence-corrected chi connectivity index (χ4v) is 7.60. The Kier molecular flexibility index (Phi) is 79.0. The summed E-state index contributed by atoms with van der Waals surface area (Å²) in [6, 6.07) is 0. The minimum atomic E-state index is -6.58. The Balaban J connectivity index is -0.000000174. The first-order chi connectivity index (χ1) is 24.2. The third-order valence-electron chi connectivity index (χ3n) is 5.65. The second kappa shape index (κ2) is 47.6. The van der Waals surface area contributed by atoms with Crippen LogP contribution < -0.4 is 411 Å². The van der Waals surface area contributed by atoms with E-state index in [1.807, 2.05) is 0 Å². The first kappa shape index (κ1) is 116. The zero-order valence-electron chi connectivity index (χ0n) is 36.3. The van der Waals surface area contributed by atoms with Crippen molar-refractivity contribution in [2.45, 2.75) is 54.8 Å². The maximum Gasteiger partial charge on any atom is 1.00 e. The van der Waals surface area contributed by atoms with Crippen LogP contribution in [-0.4, -0.2) is 217 Å². The molecule has 0 bridgehead atoms. The van der Waals surface area contributed by atoms with E-state index in [2.05, 4.69) is 33.5 Å². The van der Waals surface area contributed by atoms with Gasteiger partial charge in [-0.3, -0.25) is 33.5 Å². The Morgan fingerprint density at radius 3 is 0.957 bits per heavy atom. The quantitative estimate of drug-likeness (QED) is 0.0585. The summed E-state index contributed by atoms with van der Waals surface area (Å²) in [6.07, 6.45) is -27.5. The molecule has 42 nitrogen and oxygen atoms in total. The van der Waals surface area contributed by atoms with Gasteiger partial charge in [-0.15, -0.1) is 0 Å². The molecule has 14 N–H and O–H groups in total. The predicted molar refractivity (Wildman–Crippen MR) is 162 cm³/mol. The van der Waals surface area contributed by atoms with Crippen LogP contribution in [0.4, 0.5) is 0 Å². The van der Waals surface area contributed by atoms with Crippen LogP contribution >= 0.6 is 0 Å². The number of hydrogen-bond acceptors (Lipinski definition) is 35. The molecule has 2 aliphatic rings. The molecule has 0 radical (unpaired) electrons. The average molecular weight is 1410 g/mol. The first-order valence-electron chi connectivity index (χ1n) is 12.2. The summed E-state index contributed by atoms with van der Waals surface area (Å²) in [6.45, 7) is -6.74. The van der Waals surface area contributed by atoms with E-state index < -0.39 is 158 Å². The summed E-state index contributed by atoms with van der Waals surface area (Å²) < 4.78 is 320. The van der Waals surface area contributed by atoms with Crippen molar-refractivity contribution in [3.8, 4) is 0 Å². The molecule has 0 unspecified atom stereocenters. The molecule has 384 valence electrons. The van der Waals surface area contributed by atoms with Crippen LogP contribution in [0.15, 0.2) is 0 Å². The van der Waals surface area contributed by atoms with Gasteiger partial charge in [-0.25, -0.2) is 67.3 Å². The third-order valence-corrected chi connectivity index (χ3v) is 9.18. The monoisotopic (exact) mass is 1410 g/mol. The van der Waals surface area contributed by atoms with Crippen molar-refractivity contribution in [3.63, 3.8) is 0 Å². The van der Waals surface area contributed by atoms with Crippen LogP contribution in [0.3, 0.4) is 0 Å². The van der Waals surface area contributed by atoms with Crippen LogP contribution in [0.5, 0.6) is 0 Å². The summed E-state index contributed by atoms with van der Waals surface area (Å²) in [5.74, 6) is -4.31. The zero-order chi connectivity index (χ0) is 43.0. The van der Waals surface area contributed by atoms with Crippen molar-refractivity contribution in [1.82, 2.24) is 0 Å². The van der Waals surface area contributed by atoms with Crippen molar-refractivity contribution in [2.24, 2.45) is 0 Å². The van der Waals surface area contributed by atoms with Crippen LogP contribution in [0.1, 0.15) is 0 Å². The Morgan fingerprint density at radius 1 is 0.357 bits per heavy atom. The third kappa shape index (κ3) is 49.6. The second-order valence-corrected chi connectivity index (χ2v) is 17.7. The topological polar surface area (TPSA) is 780 Å². The summed E-state index contributed by atoms with van der Waals surface area (Å²) in [5, 5.41) is 0. The van der Waals surface area contributed by atoms with Gasteiger partial charge in [0.05, 0.1) is 13.2 Å². The SMILES string of the molecule is O.O.O.O.O.O.O.O=S(=O)([O-])OC[C@H]1O[C@@](COS(=O)(=O)[O-])(O[C@H]2O[C@H](COS(=O)(=O)[O-])[C@@H](OS(=O)(=O)[O-])[C@H](OS(=O)(=O)[O-])[C@H]2OS(=O)(=O)[O-])[C@@H](OS(=O)(=O)[O-])[C@@H]1OS(=O)(=O)[O-].[K+].[K+].[K+].[K+].[K+].[K+].[K+].[K+]. The summed E-state index contributed by atoms with van der Waals surface area (Å²) in [4.78, 5) is 0. The van der Waals surface area contributed by atoms with Gasteiger partial charge in [0.25, 0.3) is 0 Å². The van der Waals surface area contributed by atoms with Gasteiger partial charge in [-0.2, -0.15) is 0 Å². The van der Waals surface area contributed by atoms with E-state index in [0.717, 1.165) is 0 Å². The molecule has 0 aromatic carbocycles. The minimum Gasteiger partial charge on any atom is -0.726 e. The van der Waals surface area contributed by atoms with Gasteiger partial charge < -0.3 is 89.0 Å². The molecule has 70 heavy (non-hydrogen) atoms. The van der Waals surface area contributed by atoms with Crippen molar-refractivity contribution in [1.29, 1.82) is 0 Å². The number of ether oxygens (including phenoxy) is 3. The van der Waals surface area contributed by atoms with Gasteiger partial charge in [0, 0.05) is 0 Å². The Labute approximate surface area is 737 Å². The largest absolute Gasteiger partial charge is 1.00 e. The van der Waals surface area contributed by atoms with Crippen molar-refractivity contribution in [2.75, 3.05) is 19.8 Å². The van der Waals surface area contributed by atoms with Gasteiger partial charge in [0.1, 0.15) is 37.1 Å². The molecule has 0 aliphatic carbocycles. The number of hydrogen-bond donors (Lipinski definition) is 0. The fraction of sp³-hybridized carbons (Fsp3) is 1.00. The van der Waals surface area contributed by atoms with E-state index in [1.54, 1.807) is 0 Å². The maximum atomic E-state index is 11.7. The van der Waals surface area contributed by atoms with Crippen molar-refractivity contribution in [3.05, 3.63) is 0 Å². The van der Waals surface area contributed by atoms with Gasteiger partial charge in [-0.05, 0) is 0 Å². The van der Waals surface area contributed by atoms with E-state index in [4.69, 9.17) is 14.2 Å². The molecule has 2 aliphatic heterocycles. The average Bonchev–Trinajstić information content (AvgIpc) is 3.15. The summed E-state index contributed by atoms with van der Waals surface area (Å²) in [5.41, 5.74) is 0. The van der Waals surface area contributed by atoms with Gasteiger partial charge in [-0.1, -0.05) is 0 Å². The molecule has 0 saturated carbocycles. The molecule has 0 aromatic heterocycles. The molecule has 0 spiro atoms. The summed E-state index contributed by atoms with van der Waals surface area (Å²) >= 11 is 0. The van der Waals surface area contributed by atoms with E-state index in [0.29, 0.717) is 0 Å². The minimum absolute atomic E-state index is 0. The molecule has 0 aromatic rings. The second-order valence-electron chi connectivity index (χ2n) is 9.49. The fourth-order valence-electron chi connectivity index (χ4n) is 4.21. The Bertz CT molecular complexity index is 2320. The predicted octanol–water partition coefficient (Wildman–Crippen LogP) is -39.3. The van der Waals surface area contributed by atoms with E-state index in [-0.39, 0.29) is 449 Å². The Hall–Kier alpha value is 11.7.